The first-order valence-electron chi connectivity index (χ1n) is 7.05. The summed E-state index contributed by atoms with van der Waals surface area (Å²) in [5.74, 6) is -0.144. The Kier molecular flexibility index (Phi) is 5.67. The summed E-state index contributed by atoms with van der Waals surface area (Å²) in [5.41, 5.74) is 0.395. The van der Waals surface area contributed by atoms with Crippen molar-refractivity contribution < 1.29 is 24.0 Å². The zero-order valence-electron chi connectivity index (χ0n) is 12.6. The molecular weight excluding hydrogens is 319 g/mol. The second-order valence-electron chi connectivity index (χ2n) is 4.94. The van der Waals surface area contributed by atoms with Gasteiger partial charge < -0.3 is 14.7 Å². The van der Waals surface area contributed by atoms with Crippen molar-refractivity contribution in [2.45, 2.75) is 6.54 Å². The Morgan fingerprint density at radius 3 is 2.67 bits per heavy atom. The first-order chi connectivity index (χ1) is 11.5. The Bertz CT molecular complexity index is 738. The van der Waals surface area contributed by atoms with Crippen LogP contribution in [0.5, 0.6) is 5.75 Å². The molecule has 0 heterocycles. The predicted octanol–water partition coefficient (Wildman–Crippen LogP) is 3.29. The number of hydrogen-bond acceptors (Lipinski definition) is 4. The standard InChI is InChI=1S/C16H15FN2O5/c17-13-4-2-6-15(10-13)24-8-7-18(16(20)21)11-12-3-1-5-14(9-12)19(22)23/h1-6,9-10H,7-8,11H2,(H,20,21). The van der Waals surface area contributed by atoms with E-state index in [0.717, 1.165) is 4.90 Å². The van der Waals surface area contributed by atoms with Crippen molar-refractivity contribution in [2.24, 2.45) is 0 Å². The molecule has 0 saturated carbocycles. The van der Waals surface area contributed by atoms with Gasteiger partial charge in [0.1, 0.15) is 18.2 Å². The zero-order chi connectivity index (χ0) is 17.5. The van der Waals surface area contributed by atoms with Gasteiger partial charge in [-0.2, -0.15) is 0 Å². The summed E-state index contributed by atoms with van der Waals surface area (Å²) in [6.45, 7) is 0.0583. The lowest BCUT2D eigenvalue weighted by molar-refractivity contribution is -0.384. The second kappa shape index (κ2) is 7.91. The van der Waals surface area contributed by atoms with Crippen LogP contribution in [0.25, 0.3) is 0 Å². The number of carbonyl (C=O) groups is 1. The van der Waals surface area contributed by atoms with Gasteiger partial charge in [0.25, 0.3) is 5.69 Å². The van der Waals surface area contributed by atoms with E-state index in [9.17, 15) is 24.4 Å². The molecule has 0 aliphatic rings. The fourth-order valence-corrected chi connectivity index (χ4v) is 2.06. The maximum Gasteiger partial charge on any atom is 0.407 e. The number of nitrogens with zero attached hydrogens (tertiary/aromatic N) is 2. The first-order valence-corrected chi connectivity index (χ1v) is 7.05. The van der Waals surface area contributed by atoms with Crippen LogP contribution in [0.2, 0.25) is 0 Å². The van der Waals surface area contributed by atoms with E-state index in [1.807, 2.05) is 0 Å². The molecule has 2 rings (SSSR count). The van der Waals surface area contributed by atoms with Crippen molar-refractivity contribution in [1.29, 1.82) is 0 Å². The molecule has 0 radical (unpaired) electrons. The van der Waals surface area contributed by atoms with E-state index in [1.54, 1.807) is 12.1 Å². The third-order valence-electron chi connectivity index (χ3n) is 3.19. The van der Waals surface area contributed by atoms with E-state index in [-0.39, 0.29) is 25.4 Å². The van der Waals surface area contributed by atoms with Gasteiger partial charge in [-0.05, 0) is 17.7 Å². The predicted molar refractivity (Wildman–Crippen MR) is 83.4 cm³/mol. The van der Waals surface area contributed by atoms with E-state index >= 15 is 0 Å². The van der Waals surface area contributed by atoms with Gasteiger partial charge in [0.05, 0.1) is 11.5 Å². The number of hydrogen-bond donors (Lipinski definition) is 1. The number of benzene rings is 2. The number of non-ortho nitro benzene ring substituents is 1. The molecule has 2 aromatic rings. The van der Waals surface area contributed by atoms with Gasteiger partial charge in [-0.15, -0.1) is 0 Å². The Hall–Kier alpha value is -3.16. The molecule has 1 N–H and O–H groups in total. The molecule has 0 bridgehead atoms. The molecule has 0 saturated heterocycles. The van der Waals surface area contributed by atoms with Gasteiger partial charge in [0.15, 0.2) is 0 Å². The van der Waals surface area contributed by atoms with Gasteiger partial charge in [0.2, 0.25) is 0 Å². The molecule has 8 heteroatoms. The van der Waals surface area contributed by atoms with Crippen LogP contribution < -0.4 is 4.74 Å². The topological polar surface area (TPSA) is 92.9 Å². The lowest BCUT2D eigenvalue weighted by Crippen LogP contribution is -2.32. The first kappa shape index (κ1) is 17.2. The average Bonchev–Trinajstić information content (AvgIpc) is 2.54. The average molecular weight is 334 g/mol. The summed E-state index contributed by atoms with van der Waals surface area (Å²) in [6, 6.07) is 11.3. The number of amides is 1. The maximum atomic E-state index is 13.0. The molecule has 0 unspecified atom stereocenters. The summed E-state index contributed by atoms with van der Waals surface area (Å²) in [6.07, 6.45) is -1.18. The van der Waals surface area contributed by atoms with Crippen molar-refractivity contribution in [3.05, 3.63) is 70.0 Å². The van der Waals surface area contributed by atoms with Crippen LogP contribution in [0.3, 0.4) is 0 Å². The van der Waals surface area contributed by atoms with Crippen LogP contribution in [0.1, 0.15) is 5.56 Å². The van der Waals surface area contributed by atoms with Gasteiger partial charge >= 0.3 is 6.09 Å². The third-order valence-corrected chi connectivity index (χ3v) is 3.19. The molecule has 0 fully saturated rings. The third kappa shape index (κ3) is 4.94. The molecule has 2 aromatic carbocycles. The summed E-state index contributed by atoms with van der Waals surface area (Å²) in [7, 11) is 0. The fraction of sp³-hybridized carbons (Fsp3) is 0.188. The minimum Gasteiger partial charge on any atom is -0.492 e. The van der Waals surface area contributed by atoms with Gasteiger partial charge in [-0.3, -0.25) is 10.1 Å². The van der Waals surface area contributed by atoms with E-state index in [1.165, 1.54) is 36.4 Å². The summed E-state index contributed by atoms with van der Waals surface area (Å²) >= 11 is 0. The van der Waals surface area contributed by atoms with Gasteiger partial charge in [-0.25, -0.2) is 9.18 Å². The Morgan fingerprint density at radius 2 is 2.00 bits per heavy atom. The minimum absolute atomic E-state index is 0.0104. The molecule has 0 aromatic heterocycles. The Balaban J connectivity index is 1.96. The number of nitro benzene ring substituents is 1. The van der Waals surface area contributed by atoms with Crippen molar-refractivity contribution in [3.63, 3.8) is 0 Å². The molecule has 0 spiro atoms. The number of nitro groups is 1. The smallest absolute Gasteiger partial charge is 0.407 e. The van der Waals surface area contributed by atoms with E-state index in [2.05, 4.69) is 0 Å². The van der Waals surface area contributed by atoms with Gasteiger partial charge in [-0.1, -0.05) is 18.2 Å². The molecule has 24 heavy (non-hydrogen) atoms. The van der Waals surface area contributed by atoms with Crippen molar-refractivity contribution in [1.82, 2.24) is 4.90 Å². The highest BCUT2D eigenvalue weighted by Gasteiger charge is 2.14. The number of halogens is 1. The summed E-state index contributed by atoms with van der Waals surface area (Å²) in [5, 5.41) is 20.0. The SMILES string of the molecule is O=C(O)N(CCOc1cccc(F)c1)Cc1cccc([N+](=O)[O-])c1. The van der Waals surface area contributed by atoms with Crippen LogP contribution in [-0.2, 0) is 6.54 Å². The Morgan fingerprint density at radius 1 is 1.25 bits per heavy atom. The van der Waals surface area contributed by atoms with Crippen LogP contribution >= 0.6 is 0 Å². The number of carboxylic acid groups (broad SMARTS) is 1. The Labute approximate surface area is 137 Å². The molecule has 0 aliphatic heterocycles. The highest BCUT2D eigenvalue weighted by atomic mass is 19.1. The minimum atomic E-state index is -1.18. The maximum absolute atomic E-state index is 13.0. The largest absolute Gasteiger partial charge is 0.492 e. The quantitative estimate of drug-likeness (QED) is 0.619. The summed E-state index contributed by atoms with van der Waals surface area (Å²) in [4.78, 5) is 22.6. The van der Waals surface area contributed by atoms with Gasteiger partial charge in [0, 0.05) is 24.7 Å². The fourth-order valence-electron chi connectivity index (χ4n) is 2.06. The molecule has 1 amide bonds. The summed E-state index contributed by atoms with van der Waals surface area (Å²) < 4.78 is 18.3. The molecule has 126 valence electrons. The lowest BCUT2D eigenvalue weighted by atomic mass is 10.2. The number of ether oxygens (including phenoxy) is 1. The van der Waals surface area contributed by atoms with E-state index in [4.69, 9.17) is 4.74 Å². The zero-order valence-corrected chi connectivity index (χ0v) is 12.6. The number of rotatable bonds is 7. The molecular formula is C16H15FN2O5. The van der Waals surface area contributed by atoms with E-state index in [0.29, 0.717) is 11.3 Å². The van der Waals surface area contributed by atoms with Crippen LogP contribution in [0.4, 0.5) is 14.9 Å². The normalized spacial score (nSPS) is 10.2. The van der Waals surface area contributed by atoms with Crippen LogP contribution in [0.15, 0.2) is 48.5 Å². The highest BCUT2D eigenvalue weighted by Crippen LogP contribution is 2.15. The van der Waals surface area contributed by atoms with Crippen LogP contribution in [-0.4, -0.2) is 34.2 Å². The van der Waals surface area contributed by atoms with Crippen molar-refractivity contribution in [3.8, 4) is 5.75 Å². The van der Waals surface area contributed by atoms with E-state index < -0.39 is 16.8 Å². The highest BCUT2D eigenvalue weighted by molar-refractivity contribution is 5.65. The molecule has 7 nitrogen and oxygen atoms in total. The van der Waals surface area contributed by atoms with Crippen LogP contribution in [0, 0.1) is 15.9 Å². The molecule has 0 atom stereocenters. The second-order valence-corrected chi connectivity index (χ2v) is 4.94. The van der Waals surface area contributed by atoms with Crippen molar-refractivity contribution in [2.75, 3.05) is 13.2 Å². The monoisotopic (exact) mass is 334 g/mol. The lowest BCUT2D eigenvalue weighted by Gasteiger charge is -2.19. The molecule has 0 aliphatic carbocycles. The van der Waals surface area contributed by atoms with Crippen molar-refractivity contribution >= 4 is 11.8 Å².